The molecule has 0 aliphatic rings. The molecule has 0 aliphatic carbocycles. The van der Waals surface area contributed by atoms with Gasteiger partial charge in [-0.15, -0.1) is 0 Å². The third-order valence-electron chi connectivity index (χ3n) is 4.02. The van der Waals surface area contributed by atoms with Gasteiger partial charge in [-0.25, -0.2) is 4.79 Å². The number of esters is 1. The van der Waals surface area contributed by atoms with Gasteiger partial charge in [0.2, 0.25) is 5.78 Å². The minimum Gasteiger partial charge on any atom is -0.489 e. The number of ether oxygens (including phenoxy) is 3. The number of hydrogen-bond donors (Lipinski definition) is 0. The van der Waals surface area contributed by atoms with E-state index in [1.54, 1.807) is 30.3 Å². The summed E-state index contributed by atoms with van der Waals surface area (Å²) >= 11 is 11.8. The molecule has 0 aromatic heterocycles. The van der Waals surface area contributed by atoms with Crippen molar-refractivity contribution < 1.29 is 23.8 Å². The second kappa shape index (κ2) is 10.7. The van der Waals surface area contributed by atoms with Gasteiger partial charge >= 0.3 is 5.97 Å². The highest BCUT2D eigenvalue weighted by atomic mass is 35.5. The molecule has 0 amide bonds. The first-order chi connectivity index (χ1) is 14.5. The van der Waals surface area contributed by atoms with Crippen LogP contribution in [0, 0.1) is 0 Å². The van der Waals surface area contributed by atoms with Crippen molar-refractivity contribution in [2.24, 2.45) is 0 Å². The molecule has 0 radical (unpaired) electrons. The SMILES string of the molecule is O=C(COc1ccc(OCc2ccccc2)cc1)OCC(=O)c1cc(Cl)ccc1Cl. The molecule has 154 valence electrons. The summed E-state index contributed by atoms with van der Waals surface area (Å²) in [4.78, 5) is 24.0. The Hall–Kier alpha value is -3.02. The maximum absolute atomic E-state index is 12.1. The van der Waals surface area contributed by atoms with E-state index in [9.17, 15) is 9.59 Å². The molecule has 30 heavy (non-hydrogen) atoms. The summed E-state index contributed by atoms with van der Waals surface area (Å²) in [5.41, 5.74) is 1.26. The molecule has 0 N–H and O–H groups in total. The fraction of sp³-hybridized carbons (Fsp3) is 0.130. The van der Waals surface area contributed by atoms with E-state index < -0.39 is 18.4 Å². The Morgan fingerprint density at radius 1 is 0.767 bits per heavy atom. The molecule has 3 aromatic carbocycles. The lowest BCUT2D eigenvalue weighted by Crippen LogP contribution is -2.19. The van der Waals surface area contributed by atoms with Gasteiger partial charge in [0, 0.05) is 10.6 Å². The summed E-state index contributed by atoms with van der Waals surface area (Å²) in [6.07, 6.45) is 0. The van der Waals surface area contributed by atoms with Crippen molar-refractivity contribution in [1.29, 1.82) is 0 Å². The summed E-state index contributed by atoms with van der Waals surface area (Å²) in [5.74, 6) is 0.0303. The normalized spacial score (nSPS) is 10.3. The molecular weight excluding hydrogens is 427 g/mol. The second-order valence-corrected chi connectivity index (χ2v) is 7.09. The van der Waals surface area contributed by atoms with E-state index in [4.69, 9.17) is 37.4 Å². The lowest BCUT2D eigenvalue weighted by molar-refractivity contribution is -0.144. The van der Waals surface area contributed by atoms with Crippen molar-refractivity contribution in [3.8, 4) is 11.5 Å². The topological polar surface area (TPSA) is 61.8 Å². The maximum atomic E-state index is 12.1. The molecule has 0 heterocycles. The average Bonchev–Trinajstić information content (AvgIpc) is 2.77. The van der Waals surface area contributed by atoms with Crippen molar-refractivity contribution in [2.75, 3.05) is 13.2 Å². The number of benzene rings is 3. The van der Waals surface area contributed by atoms with Gasteiger partial charge in [0.25, 0.3) is 0 Å². The highest BCUT2D eigenvalue weighted by Crippen LogP contribution is 2.21. The molecular formula is C23H18Cl2O5. The van der Waals surface area contributed by atoms with Crippen molar-refractivity contribution in [1.82, 2.24) is 0 Å². The number of hydrogen-bond acceptors (Lipinski definition) is 5. The molecule has 7 heteroatoms. The van der Waals surface area contributed by atoms with Crippen LogP contribution in [-0.2, 0) is 16.1 Å². The number of Topliss-reactive ketones (excluding diaryl/α,β-unsaturated/α-hetero) is 1. The Labute approximate surface area is 184 Å². The summed E-state index contributed by atoms with van der Waals surface area (Å²) in [6, 6.07) is 21.2. The fourth-order valence-corrected chi connectivity index (χ4v) is 2.89. The van der Waals surface area contributed by atoms with Gasteiger partial charge < -0.3 is 14.2 Å². The average molecular weight is 445 g/mol. The van der Waals surface area contributed by atoms with Gasteiger partial charge in [-0.05, 0) is 48.0 Å². The maximum Gasteiger partial charge on any atom is 0.344 e. The molecule has 0 atom stereocenters. The van der Waals surface area contributed by atoms with E-state index in [1.807, 2.05) is 30.3 Å². The van der Waals surface area contributed by atoms with E-state index in [0.29, 0.717) is 23.1 Å². The minimum atomic E-state index is -0.675. The molecule has 3 aromatic rings. The molecule has 0 aliphatic heterocycles. The van der Waals surface area contributed by atoms with Gasteiger partial charge in [-0.2, -0.15) is 0 Å². The van der Waals surface area contributed by atoms with Crippen LogP contribution in [-0.4, -0.2) is 25.0 Å². The van der Waals surface area contributed by atoms with Crippen LogP contribution in [0.15, 0.2) is 72.8 Å². The minimum absolute atomic E-state index is 0.198. The summed E-state index contributed by atoms with van der Waals surface area (Å²) in [5, 5.41) is 0.611. The molecule has 0 unspecified atom stereocenters. The highest BCUT2D eigenvalue weighted by Gasteiger charge is 2.14. The van der Waals surface area contributed by atoms with Crippen molar-refractivity contribution in [3.63, 3.8) is 0 Å². The largest absolute Gasteiger partial charge is 0.489 e. The quantitative estimate of drug-likeness (QED) is 0.327. The molecule has 0 fully saturated rings. The van der Waals surface area contributed by atoms with Gasteiger partial charge in [0.05, 0.1) is 5.02 Å². The molecule has 0 bridgehead atoms. The first kappa shape index (κ1) is 21.7. The van der Waals surface area contributed by atoms with Gasteiger partial charge in [-0.1, -0.05) is 53.5 Å². The first-order valence-corrected chi connectivity index (χ1v) is 9.80. The smallest absolute Gasteiger partial charge is 0.344 e. The Morgan fingerprint density at radius 2 is 1.43 bits per heavy atom. The summed E-state index contributed by atoms with van der Waals surface area (Å²) in [6.45, 7) is -0.326. The standard InChI is InChI=1S/C23H18Cl2O5/c24-17-6-11-21(25)20(12-17)22(26)14-30-23(27)15-29-19-9-7-18(8-10-19)28-13-16-4-2-1-3-5-16/h1-12H,13-15H2. The number of carbonyl (C=O) groups excluding carboxylic acids is 2. The molecule has 0 saturated carbocycles. The van der Waals surface area contributed by atoms with Crippen LogP contribution in [0.25, 0.3) is 0 Å². The zero-order chi connectivity index (χ0) is 21.3. The van der Waals surface area contributed by atoms with Crippen LogP contribution in [0.1, 0.15) is 15.9 Å². The third kappa shape index (κ3) is 6.51. The molecule has 0 saturated heterocycles. The zero-order valence-corrected chi connectivity index (χ0v) is 17.4. The second-order valence-electron chi connectivity index (χ2n) is 6.24. The zero-order valence-electron chi connectivity index (χ0n) is 15.8. The van der Waals surface area contributed by atoms with Gasteiger partial charge in [0.15, 0.2) is 13.2 Å². The number of carbonyl (C=O) groups is 2. The predicted octanol–water partition coefficient (Wildman–Crippen LogP) is 5.38. The third-order valence-corrected chi connectivity index (χ3v) is 4.59. The lowest BCUT2D eigenvalue weighted by atomic mass is 10.1. The van der Waals surface area contributed by atoms with Crippen LogP contribution in [0.5, 0.6) is 11.5 Å². The molecule has 3 rings (SSSR count). The van der Waals surface area contributed by atoms with E-state index >= 15 is 0 Å². The van der Waals surface area contributed by atoms with E-state index in [2.05, 4.69) is 0 Å². The monoisotopic (exact) mass is 444 g/mol. The van der Waals surface area contributed by atoms with E-state index in [-0.39, 0.29) is 17.2 Å². The molecule has 5 nitrogen and oxygen atoms in total. The van der Waals surface area contributed by atoms with Crippen LogP contribution in [0.3, 0.4) is 0 Å². The number of rotatable bonds is 9. The van der Waals surface area contributed by atoms with Crippen LogP contribution in [0.4, 0.5) is 0 Å². The van der Waals surface area contributed by atoms with E-state index in [0.717, 1.165) is 5.56 Å². The molecule has 0 spiro atoms. The van der Waals surface area contributed by atoms with Crippen molar-refractivity contribution in [2.45, 2.75) is 6.61 Å². The van der Waals surface area contributed by atoms with Crippen LogP contribution >= 0.6 is 23.2 Å². The van der Waals surface area contributed by atoms with E-state index in [1.165, 1.54) is 12.1 Å². The van der Waals surface area contributed by atoms with Crippen molar-refractivity contribution >= 4 is 35.0 Å². The van der Waals surface area contributed by atoms with Crippen LogP contribution < -0.4 is 9.47 Å². The number of halogens is 2. The number of ketones is 1. The summed E-state index contributed by atoms with van der Waals surface area (Å²) < 4.78 is 16.0. The van der Waals surface area contributed by atoms with Gasteiger partial charge in [0.1, 0.15) is 18.1 Å². The van der Waals surface area contributed by atoms with Crippen LogP contribution in [0.2, 0.25) is 10.0 Å². The Morgan fingerprint density at radius 3 is 2.13 bits per heavy atom. The van der Waals surface area contributed by atoms with Crippen molar-refractivity contribution in [3.05, 3.63) is 94.0 Å². The predicted molar refractivity (Wildman–Crippen MR) is 114 cm³/mol. The summed E-state index contributed by atoms with van der Waals surface area (Å²) in [7, 11) is 0. The lowest BCUT2D eigenvalue weighted by Gasteiger charge is -2.09. The Balaban J connectivity index is 1.42. The Bertz CT molecular complexity index is 1000. The fourth-order valence-electron chi connectivity index (χ4n) is 2.49. The highest BCUT2D eigenvalue weighted by molar-refractivity contribution is 6.36. The Kier molecular flexibility index (Phi) is 7.71. The van der Waals surface area contributed by atoms with Gasteiger partial charge in [-0.3, -0.25) is 4.79 Å². The first-order valence-electron chi connectivity index (χ1n) is 9.05.